The minimum absolute atomic E-state index is 0.0191. The van der Waals surface area contributed by atoms with E-state index in [2.05, 4.69) is 28.0 Å². The van der Waals surface area contributed by atoms with Crippen molar-refractivity contribution in [2.24, 2.45) is 5.92 Å². The molecule has 2 aromatic heterocycles. The van der Waals surface area contributed by atoms with Crippen LogP contribution >= 0.6 is 0 Å². The van der Waals surface area contributed by atoms with Crippen molar-refractivity contribution in [2.45, 2.75) is 107 Å². The van der Waals surface area contributed by atoms with Gasteiger partial charge in [0.2, 0.25) is 0 Å². The largest absolute Gasteiger partial charge is 0.461 e. The lowest BCUT2D eigenvalue weighted by Crippen LogP contribution is -2.58. The number of benzene rings is 2. The Kier molecular flexibility index (Phi) is 9.37. The molecule has 4 aromatic rings. The molecule has 4 aliphatic heterocycles. The van der Waals surface area contributed by atoms with Crippen LogP contribution in [0.4, 0.5) is 27.8 Å². The SMILES string of the molecule is C#Cc1c(F)ccc2cccc(-c3nc4c5c(nc(OC[C@@]67CCCN6[C@H](COC(C6CC6)C(F)(F)F)CC7)nc5c3F)N3CCN[C@@H](CC)[C@H]3CCC4)c12. The maximum Gasteiger partial charge on any atom is 0.414 e. The first-order chi connectivity index (χ1) is 26.6. The Bertz CT molecular complexity index is 2170. The summed E-state index contributed by atoms with van der Waals surface area (Å²) < 4.78 is 85.8. The van der Waals surface area contributed by atoms with Gasteiger partial charge in [0.25, 0.3) is 0 Å². The molecular formula is C42H45F5N6O2. The Labute approximate surface area is 317 Å². The summed E-state index contributed by atoms with van der Waals surface area (Å²) in [4.78, 5) is 19.3. The number of alkyl halides is 3. The number of rotatable bonds is 9. The second-order valence-corrected chi connectivity index (χ2v) is 16.0. The van der Waals surface area contributed by atoms with E-state index >= 15 is 8.78 Å². The smallest absolute Gasteiger partial charge is 0.414 e. The highest BCUT2D eigenvalue weighted by atomic mass is 19.4. The van der Waals surface area contributed by atoms with Gasteiger partial charge < -0.3 is 19.7 Å². The van der Waals surface area contributed by atoms with Crippen LogP contribution in [0.15, 0.2) is 30.3 Å². The number of halogens is 5. The average molecular weight is 761 g/mol. The third-order valence-corrected chi connectivity index (χ3v) is 12.8. The fourth-order valence-corrected chi connectivity index (χ4v) is 10.0. The quantitative estimate of drug-likeness (QED) is 0.137. The zero-order chi connectivity index (χ0) is 38.1. The molecule has 5 atom stereocenters. The van der Waals surface area contributed by atoms with Gasteiger partial charge in [-0.05, 0) is 88.1 Å². The van der Waals surface area contributed by atoms with Gasteiger partial charge in [0, 0.05) is 42.2 Å². The summed E-state index contributed by atoms with van der Waals surface area (Å²) in [7, 11) is 0. The number of nitrogens with one attached hydrogen (secondary N) is 1. The normalized spacial score (nSPS) is 26.1. The van der Waals surface area contributed by atoms with Crippen molar-refractivity contribution in [1.82, 2.24) is 25.2 Å². The number of anilines is 1. The molecule has 55 heavy (non-hydrogen) atoms. The van der Waals surface area contributed by atoms with Crippen LogP contribution in [0.1, 0.15) is 76.0 Å². The molecule has 0 bridgehead atoms. The number of aryl methyl sites for hydroxylation is 1. The molecule has 0 spiro atoms. The molecule has 6 heterocycles. The maximum absolute atomic E-state index is 17.3. The minimum atomic E-state index is -4.38. The van der Waals surface area contributed by atoms with Crippen molar-refractivity contribution in [2.75, 3.05) is 37.7 Å². The first-order valence-electron chi connectivity index (χ1n) is 19.8. The number of terminal acetylenes is 1. The van der Waals surface area contributed by atoms with E-state index in [0.29, 0.717) is 65.5 Å². The summed E-state index contributed by atoms with van der Waals surface area (Å²) in [6.45, 7) is 4.51. The Morgan fingerprint density at radius 1 is 1.02 bits per heavy atom. The molecule has 2 aromatic carbocycles. The molecule has 9 rings (SSSR count). The molecule has 8 nitrogen and oxygen atoms in total. The molecule has 290 valence electrons. The summed E-state index contributed by atoms with van der Waals surface area (Å²) in [6.07, 6.45) is 7.10. The number of fused-ring (bicyclic) bond motifs is 4. The van der Waals surface area contributed by atoms with Crippen LogP contribution < -0.4 is 15.0 Å². The summed E-state index contributed by atoms with van der Waals surface area (Å²) in [5.41, 5.74) is 0.793. The van der Waals surface area contributed by atoms with Crippen molar-refractivity contribution in [3.8, 4) is 29.6 Å². The van der Waals surface area contributed by atoms with Crippen molar-refractivity contribution < 1.29 is 31.4 Å². The predicted octanol–water partition coefficient (Wildman–Crippen LogP) is 7.73. The zero-order valence-corrected chi connectivity index (χ0v) is 30.9. The summed E-state index contributed by atoms with van der Waals surface area (Å²) in [5.74, 6) is 1.37. The van der Waals surface area contributed by atoms with E-state index < -0.39 is 35.4 Å². The molecule has 1 unspecified atom stereocenters. The minimum Gasteiger partial charge on any atom is -0.461 e. The zero-order valence-electron chi connectivity index (χ0n) is 30.9. The number of aromatic nitrogens is 3. The van der Waals surface area contributed by atoms with Crippen molar-refractivity contribution in [1.29, 1.82) is 0 Å². The second-order valence-electron chi connectivity index (χ2n) is 16.0. The summed E-state index contributed by atoms with van der Waals surface area (Å²) in [5, 5.41) is 5.28. The van der Waals surface area contributed by atoms with Crippen LogP contribution in [0, 0.1) is 29.9 Å². The van der Waals surface area contributed by atoms with Gasteiger partial charge in [-0.2, -0.15) is 23.1 Å². The molecule has 4 fully saturated rings. The van der Waals surface area contributed by atoms with Gasteiger partial charge in [-0.3, -0.25) is 4.90 Å². The third-order valence-electron chi connectivity index (χ3n) is 12.8. The number of nitrogens with zero attached hydrogens (tertiary/aromatic N) is 5. The Morgan fingerprint density at radius 2 is 1.87 bits per heavy atom. The topological polar surface area (TPSA) is 75.6 Å². The van der Waals surface area contributed by atoms with Crippen LogP contribution in [0.5, 0.6) is 6.01 Å². The van der Waals surface area contributed by atoms with Gasteiger partial charge in [-0.1, -0.05) is 37.1 Å². The van der Waals surface area contributed by atoms with Gasteiger partial charge in [-0.25, -0.2) is 13.8 Å². The van der Waals surface area contributed by atoms with Gasteiger partial charge in [0.1, 0.15) is 29.5 Å². The molecule has 1 saturated carbocycles. The summed E-state index contributed by atoms with van der Waals surface area (Å²) >= 11 is 0. The fourth-order valence-electron chi connectivity index (χ4n) is 10.0. The van der Waals surface area contributed by atoms with E-state index in [4.69, 9.17) is 30.8 Å². The number of hydrogen-bond donors (Lipinski definition) is 1. The van der Waals surface area contributed by atoms with Crippen LogP contribution in [0.25, 0.3) is 32.9 Å². The van der Waals surface area contributed by atoms with Gasteiger partial charge in [0.05, 0.1) is 28.8 Å². The highest BCUT2D eigenvalue weighted by molar-refractivity contribution is 6.02. The lowest BCUT2D eigenvalue weighted by Gasteiger charge is -2.44. The second kappa shape index (κ2) is 14.1. The molecule has 0 amide bonds. The number of hydrogen-bond acceptors (Lipinski definition) is 8. The lowest BCUT2D eigenvalue weighted by molar-refractivity contribution is -0.230. The van der Waals surface area contributed by atoms with Crippen molar-refractivity contribution in [3.05, 3.63) is 53.2 Å². The first-order valence-corrected chi connectivity index (χ1v) is 19.8. The van der Waals surface area contributed by atoms with E-state index in [0.717, 1.165) is 51.6 Å². The standard InChI is InChI=1S/C42H45F5N6O2/c1-3-27-29(43)15-14-24-8-5-9-28(33(24)27)36-35(44)37-34-31(49-36)10-6-11-32-30(4-2)48-19-21-52(32)39(34)51-40(50-37)55-23-41-17-7-20-53(41)26(16-18-41)22-54-38(25-12-13-25)42(45,46)47/h1,5,8-9,14-15,25-26,30,32,38,48H,4,6-7,10-13,16-23H2,2H3/t26-,30-,32+,38?,41-/m0/s1. The Balaban J connectivity index is 1.11. The number of piperazine rings is 1. The Morgan fingerprint density at radius 3 is 2.65 bits per heavy atom. The van der Waals surface area contributed by atoms with Crippen LogP contribution in [-0.2, 0) is 11.2 Å². The van der Waals surface area contributed by atoms with Gasteiger partial charge >= 0.3 is 12.2 Å². The lowest BCUT2D eigenvalue weighted by atomic mass is 9.91. The van der Waals surface area contributed by atoms with E-state index in [9.17, 15) is 13.2 Å². The van der Waals surface area contributed by atoms with Crippen LogP contribution in [-0.4, -0.2) is 88.6 Å². The van der Waals surface area contributed by atoms with E-state index in [-0.39, 0.29) is 54.1 Å². The molecule has 3 saturated heterocycles. The molecule has 5 aliphatic rings. The highest BCUT2D eigenvalue weighted by Gasteiger charge is 2.53. The molecule has 1 N–H and O–H groups in total. The Hall–Kier alpha value is -4.12. The number of pyridine rings is 1. The molecule has 0 radical (unpaired) electrons. The van der Waals surface area contributed by atoms with Gasteiger partial charge in [-0.15, -0.1) is 6.42 Å². The van der Waals surface area contributed by atoms with Crippen molar-refractivity contribution in [3.63, 3.8) is 0 Å². The fraction of sp³-hybridized carbons (Fsp3) is 0.548. The van der Waals surface area contributed by atoms with Gasteiger partial charge in [0.15, 0.2) is 11.9 Å². The van der Waals surface area contributed by atoms with Crippen LogP contribution in [0.3, 0.4) is 0 Å². The third kappa shape index (κ3) is 6.38. The van der Waals surface area contributed by atoms with E-state index in [1.165, 1.54) is 6.07 Å². The first kappa shape index (κ1) is 36.5. The summed E-state index contributed by atoms with van der Waals surface area (Å²) in [6, 6.07) is 8.47. The average Bonchev–Trinajstić information content (AvgIpc) is 3.82. The molecule has 13 heteroatoms. The van der Waals surface area contributed by atoms with Crippen molar-refractivity contribution >= 4 is 27.5 Å². The number of ether oxygens (including phenoxy) is 2. The predicted molar refractivity (Wildman–Crippen MR) is 200 cm³/mol. The highest BCUT2D eigenvalue weighted by Crippen LogP contribution is 2.46. The maximum atomic E-state index is 17.3. The van der Waals surface area contributed by atoms with E-state index in [1.807, 2.05) is 6.07 Å². The molecule has 1 aliphatic carbocycles. The molecular weight excluding hydrogens is 715 g/mol. The van der Waals surface area contributed by atoms with E-state index in [1.54, 1.807) is 18.2 Å². The monoisotopic (exact) mass is 760 g/mol. The van der Waals surface area contributed by atoms with Crippen LogP contribution in [0.2, 0.25) is 0 Å².